The Balaban J connectivity index is 1.33. The number of para-hydroxylation sites is 1. The molecule has 0 radical (unpaired) electrons. The zero-order chi connectivity index (χ0) is 27.2. The molecule has 41 heavy (non-hydrogen) atoms. The lowest BCUT2D eigenvalue weighted by Crippen LogP contribution is -2.29. The van der Waals surface area contributed by atoms with Gasteiger partial charge in [-0.05, 0) is 66.2 Å². The first kappa shape index (κ1) is 22.2. The van der Waals surface area contributed by atoms with Crippen molar-refractivity contribution in [3.63, 3.8) is 0 Å². The number of nitrogens with two attached hydrogens (primary N) is 2. The van der Waals surface area contributed by atoms with Crippen molar-refractivity contribution in [3.05, 3.63) is 121 Å². The van der Waals surface area contributed by atoms with Crippen molar-refractivity contribution in [3.8, 4) is 11.1 Å². The summed E-state index contributed by atoms with van der Waals surface area (Å²) in [6.07, 6.45) is 8.77. The molecular weight excluding hydrogens is 506 g/mol. The van der Waals surface area contributed by atoms with Gasteiger partial charge >= 0.3 is 0 Å². The second kappa shape index (κ2) is 7.97. The number of nitrogens with zero attached hydrogens (tertiary/aromatic N) is 1. The minimum absolute atomic E-state index is 0.0690. The third kappa shape index (κ3) is 3.07. The van der Waals surface area contributed by atoms with E-state index in [1.54, 1.807) is 0 Å². The van der Waals surface area contributed by atoms with Crippen molar-refractivity contribution < 1.29 is 8.83 Å². The van der Waals surface area contributed by atoms with E-state index in [1.165, 1.54) is 0 Å². The first-order valence-electron chi connectivity index (χ1n) is 13.7. The maximum atomic E-state index is 6.44. The molecule has 3 heterocycles. The van der Waals surface area contributed by atoms with Gasteiger partial charge in [-0.15, -0.1) is 0 Å². The summed E-state index contributed by atoms with van der Waals surface area (Å²) >= 11 is 0. The topological polar surface area (TPSA) is 81.6 Å². The molecule has 0 fully saturated rings. The minimum Gasteiger partial charge on any atom is -0.456 e. The molecule has 0 saturated carbocycles. The maximum absolute atomic E-state index is 6.44. The highest BCUT2D eigenvalue weighted by molar-refractivity contribution is 6.14. The van der Waals surface area contributed by atoms with E-state index in [1.807, 2.05) is 42.5 Å². The zero-order valence-corrected chi connectivity index (χ0v) is 21.9. The van der Waals surface area contributed by atoms with E-state index in [0.717, 1.165) is 66.4 Å². The maximum Gasteiger partial charge on any atom is 0.187 e. The molecule has 0 spiro atoms. The number of furan rings is 2. The molecule has 1 aliphatic carbocycles. The van der Waals surface area contributed by atoms with Gasteiger partial charge in [0.05, 0.1) is 17.1 Å². The van der Waals surface area contributed by atoms with Crippen molar-refractivity contribution in [2.75, 3.05) is 16.4 Å². The average molecular weight is 530 g/mol. The van der Waals surface area contributed by atoms with Gasteiger partial charge in [0.2, 0.25) is 0 Å². The molecule has 0 amide bonds. The molecule has 5 aromatic carbocycles. The number of fused-ring (bicyclic) bond motifs is 10. The summed E-state index contributed by atoms with van der Waals surface area (Å²) in [6.45, 7) is 0. The number of benzene rings is 4. The standard InChI is InChI=1S/C36H23N3O2/c37-21-10-13-30(26(18-21)20-9-14-32-27(17-20)28-19-22(38)11-15-33(28)40-32)39-29-7-3-1-5-23(29)24-12-16-34-35(36(24)39)25-6-2-4-8-31(25)41-34/h1-11,13-15,17-19,23,29H,37-38H2. The van der Waals surface area contributed by atoms with Gasteiger partial charge in [-0.25, -0.2) is 0 Å². The lowest BCUT2D eigenvalue weighted by atomic mass is 9.91. The first-order valence-corrected chi connectivity index (χ1v) is 13.7. The second-order valence-corrected chi connectivity index (χ2v) is 10.8. The molecule has 2 atom stereocenters. The minimum atomic E-state index is 0.0690. The molecule has 2 aliphatic rings. The van der Waals surface area contributed by atoms with Crippen LogP contribution in [0.1, 0.15) is 11.5 Å². The molecule has 194 valence electrons. The van der Waals surface area contributed by atoms with Crippen molar-refractivity contribution >= 4 is 66.6 Å². The molecule has 9 rings (SSSR count). The van der Waals surface area contributed by atoms with Gasteiger partial charge in [-0.2, -0.15) is 0 Å². The van der Waals surface area contributed by atoms with Crippen LogP contribution in [-0.4, -0.2) is 6.04 Å². The summed E-state index contributed by atoms with van der Waals surface area (Å²) in [5.74, 6) is 0.137. The molecule has 5 nitrogen and oxygen atoms in total. The smallest absolute Gasteiger partial charge is 0.187 e. The Labute approximate surface area is 235 Å². The Morgan fingerprint density at radius 2 is 1.44 bits per heavy atom. The van der Waals surface area contributed by atoms with Gasteiger partial charge in [-0.3, -0.25) is 0 Å². The van der Waals surface area contributed by atoms with Gasteiger partial charge in [0, 0.05) is 50.3 Å². The second-order valence-electron chi connectivity index (χ2n) is 10.8. The van der Waals surface area contributed by atoms with Crippen LogP contribution in [0, 0.1) is 12.1 Å². The quantitative estimate of drug-likeness (QED) is 0.219. The molecule has 7 aromatic rings. The van der Waals surface area contributed by atoms with Crippen LogP contribution in [0.15, 0.2) is 112 Å². The zero-order valence-electron chi connectivity index (χ0n) is 21.9. The van der Waals surface area contributed by atoms with Crippen LogP contribution in [0.4, 0.5) is 22.7 Å². The molecule has 0 saturated heterocycles. The summed E-state index contributed by atoms with van der Waals surface area (Å²) in [4.78, 5) is 2.43. The number of hydrogen-bond donors (Lipinski definition) is 2. The molecule has 2 aromatic heterocycles. The Morgan fingerprint density at radius 3 is 2.37 bits per heavy atom. The van der Waals surface area contributed by atoms with Crippen molar-refractivity contribution in [1.82, 2.24) is 0 Å². The van der Waals surface area contributed by atoms with Crippen LogP contribution < -0.4 is 16.4 Å². The molecule has 5 heteroatoms. The summed E-state index contributed by atoms with van der Waals surface area (Å²) < 4.78 is 12.4. The van der Waals surface area contributed by atoms with E-state index in [9.17, 15) is 0 Å². The van der Waals surface area contributed by atoms with Crippen LogP contribution in [0.25, 0.3) is 55.0 Å². The van der Waals surface area contributed by atoms with Crippen molar-refractivity contribution in [1.29, 1.82) is 0 Å². The summed E-state index contributed by atoms with van der Waals surface area (Å²) in [6, 6.07) is 33.3. The Bertz CT molecular complexity index is 2270. The van der Waals surface area contributed by atoms with Crippen molar-refractivity contribution in [2.45, 2.75) is 12.0 Å². The highest BCUT2D eigenvalue weighted by Crippen LogP contribution is 2.53. The predicted octanol–water partition coefficient (Wildman–Crippen LogP) is 8.65. The van der Waals surface area contributed by atoms with Crippen LogP contribution >= 0.6 is 0 Å². The fourth-order valence-electron chi connectivity index (χ4n) is 6.67. The molecule has 1 aliphatic heterocycles. The van der Waals surface area contributed by atoms with Crippen LogP contribution in [-0.2, 0) is 0 Å². The van der Waals surface area contributed by atoms with E-state index in [0.29, 0.717) is 17.0 Å². The molecule has 2 unspecified atom stereocenters. The van der Waals surface area contributed by atoms with E-state index in [2.05, 4.69) is 77.7 Å². The fraction of sp³-hybridized carbons (Fsp3) is 0.0556. The monoisotopic (exact) mass is 529 g/mol. The number of rotatable bonds is 2. The van der Waals surface area contributed by atoms with Crippen molar-refractivity contribution in [2.24, 2.45) is 0 Å². The molecule has 0 bridgehead atoms. The summed E-state index contributed by atoms with van der Waals surface area (Å²) in [7, 11) is 0. The summed E-state index contributed by atoms with van der Waals surface area (Å²) in [5, 5.41) is 4.14. The number of anilines is 4. The third-order valence-corrected chi connectivity index (χ3v) is 8.46. The largest absolute Gasteiger partial charge is 0.456 e. The SMILES string of the molecule is Nc1ccc(N2c3c(c#cc4oc5ccccc5c34)C3C=CC=CC32)c(-c2ccc3oc4ccc(N)cc4c3c2)c1. The lowest BCUT2D eigenvalue weighted by Gasteiger charge is -2.31. The lowest BCUT2D eigenvalue weighted by molar-refractivity contribution is 0.668. The third-order valence-electron chi connectivity index (χ3n) is 8.46. The van der Waals surface area contributed by atoms with Gasteiger partial charge in [-0.1, -0.05) is 54.6 Å². The van der Waals surface area contributed by atoms with Crippen LogP contribution in [0.5, 0.6) is 0 Å². The number of nitrogen functional groups attached to an aromatic ring is 2. The Morgan fingerprint density at radius 1 is 0.683 bits per heavy atom. The number of hydrogen-bond acceptors (Lipinski definition) is 5. The highest BCUT2D eigenvalue weighted by atomic mass is 16.3. The van der Waals surface area contributed by atoms with Gasteiger partial charge in [0.15, 0.2) is 5.58 Å². The van der Waals surface area contributed by atoms with Crippen LogP contribution in [0.3, 0.4) is 0 Å². The van der Waals surface area contributed by atoms with E-state index in [4.69, 9.17) is 20.3 Å². The normalized spacial score (nSPS) is 17.5. The summed E-state index contributed by atoms with van der Waals surface area (Å²) in [5.41, 5.74) is 22.5. The van der Waals surface area contributed by atoms with Gasteiger partial charge < -0.3 is 25.2 Å². The predicted molar refractivity (Wildman–Crippen MR) is 166 cm³/mol. The van der Waals surface area contributed by atoms with E-state index in [-0.39, 0.29) is 12.0 Å². The molecular formula is C36H23N3O2. The van der Waals surface area contributed by atoms with Gasteiger partial charge in [0.1, 0.15) is 16.7 Å². The highest BCUT2D eigenvalue weighted by Gasteiger charge is 2.40. The Hall–Kier alpha value is -5.60. The van der Waals surface area contributed by atoms with Gasteiger partial charge in [0.25, 0.3) is 0 Å². The molecule has 4 N–H and O–H groups in total. The fourth-order valence-corrected chi connectivity index (χ4v) is 6.67. The van der Waals surface area contributed by atoms with E-state index >= 15 is 0 Å². The van der Waals surface area contributed by atoms with E-state index < -0.39 is 0 Å². The average Bonchev–Trinajstić information content (AvgIpc) is 3.66. The Kier molecular flexibility index (Phi) is 4.32. The first-order chi connectivity index (χ1) is 20.1. The number of allylic oxidation sites excluding steroid dienone is 2. The van der Waals surface area contributed by atoms with Crippen LogP contribution in [0.2, 0.25) is 0 Å².